The summed E-state index contributed by atoms with van der Waals surface area (Å²) in [6.07, 6.45) is -0.0907. The maximum atomic E-state index is 10.8. The molecular weight excluding hydrogens is 244 g/mol. The second-order valence-electron chi connectivity index (χ2n) is 4.29. The summed E-state index contributed by atoms with van der Waals surface area (Å²) in [5, 5.41) is 19.6. The Morgan fingerprint density at radius 2 is 2.35 bits per heavy atom. The fourth-order valence-electron chi connectivity index (χ4n) is 2.18. The number of fused-ring (bicyclic) bond motifs is 1. The number of carboxylic acid groups (broad SMARTS) is 1. The normalized spacial score (nSPS) is 27.6. The first-order valence-electron chi connectivity index (χ1n) is 5.31. The first-order chi connectivity index (χ1) is 7.90. The van der Waals surface area contributed by atoms with E-state index in [0.29, 0.717) is 17.0 Å². The molecule has 0 saturated heterocycles. The maximum absolute atomic E-state index is 10.8. The fraction of sp³-hybridized carbons (Fsp3) is 0.417. The lowest BCUT2D eigenvalue weighted by molar-refractivity contribution is -0.247. The van der Waals surface area contributed by atoms with Gasteiger partial charge in [-0.2, -0.15) is 0 Å². The zero-order valence-corrected chi connectivity index (χ0v) is 10.1. The van der Waals surface area contributed by atoms with Gasteiger partial charge in [0.2, 0.25) is 5.79 Å². The molecule has 0 radical (unpaired) electrons. The number of aliphatic carboxylic acids is 1. The van der Waals surface area contributed by atoms with Gasteiger partial charge in [0.15, 0.2) is 0 Å². The predicted octanol–water partition coefficient (Wildman–Crippen LogP) is 1.92. The molecule has 5 heteroatoms. The summed E-state index contributed by atoms with van der Waals surface area (Å²) in [5.74, 6) is -2.91. The van der Waals surface area contributed by atoms with Crippen molar-refractivity contribution in [2.75, 3.05) is 0 Å². The lowest BCUT2D eigenvalue weighted by Gasteiger charge is -2.37. The highest BCUT2D eigenvalue weighted by molar-refractivity contribution is 6.30. The minimum atomic E-state index is -1.79. The van der Waals surface area contributed by atoms with E-state index in [9.17, 15) is 9.90 Å². The van der Waals surface area contributed by atoms with Crippen LogP contribution >= 0.6 is 11.6 Å². The van der Waals surface area contributed by atoms with Crippen LogP contribution in [0.15, 0.2) is 18.2 Å². The van der Waals surface area contributed by atoms with Crippen LogP contribution in [0.2, 0.25) is 5.02 Å². The number of carbonyl (C=O) groups is 1. The van der Waals surface area contributed by atoms with Gasteiger partial charge in [0, 0.05) is 10.6 Å². The Morgan fingerprint density at radius 1 is 1.65 bits per heavy atom. The number of benzene rings is 1. The van der Waals surface area contributed by atoms with Crippen LogP contribution in [0.25, 0.3) is 0 Å². The van der Waals surface area contributed by atoms with Gasteiger partial charge < -0.3 is 14.9 Å². The van der Waals surface area contributed by atoms with Gasteiger partial charge in [-0.1, -0.05) is 17.7 Å². The van der Waals surface area contributed by atoms with Gasteiger partial charge in [0.1, 0.15) is 6.42 Å². The third kappa shape index (κ3) is 2.44. The van der Waals surface area contributed by atoms with Crippen LogP contribution in [0.1, 0.15) is 24.5 Å². The van der Waals surface area contributed by atoms with Crippen molar-refractivity contribution in [3.8, 4) is 0 Å². The molecule has 1 unspecified atom stereocenters. The summed E-state index contributed by atoms with van der Waals surface area (Å²) in [4.78, 5) is 10.8. The molecule has 4 nitrogen and oxygen atoms in total. The minimum absolute atomic E-state index is 0.229. The first-order valence-corrected chi connectivity index (χ1v) is 5.69. The Balaban J connectivity index is 2.48. The van der Waals surface area contributed by atoms with Crippen molar-refractivity contribution in [1.29, 1.82) is 0 Å². The highest BCUT2D eigenvalue weighted by Gasteiger charge is 2.40. The molecule has 0 spiro atoms. The van der Waals surface area contributed by atoms with E-state index in [2.05, 4.69) is 0 Å². The average Bonchev–Trinajstić information content (AvgIpc) is 2.17. The van der Waals surface area contributed by atoms with E-state index in [1.54, 1.807) is 25.1 Å². The van der Waals surface area contributed by atoms with E-state index in [1.165, 1.54) is 0 Å². The van der Waals surface area contributed by atoms with Crippen LogP contribution in [0, 0.1) is 0 Å². The van der Waals surface area contributed by atoms with Crippen molar-refractivity contribution in [2.24, 2.45) is 0 Å². The highest BCUT2D eigenvalue weighted by Crippen LogP contribution is 2.37. The Kier molecular flexibility index (Phi) is 3.12. The van der Waals surface area contributed by atoms with Crippen molar-refractivity contribution in [2.45, 2.75) is 31.7 Å². The van der Waals surface area contributed by atoms with Gasteiger partial charge in [-0.3, -0.25) is 4.79 Å². The van der Waals surface area contributed by atoms with Gasteiger partial charge in [-0.25, -0.2) is 0 Å². The zero-order chi connectivity index (χ0) is 12.6. The third-order valence-electron chi connectivity index (χ3n) is 2.79. The molecule has 2 atom stereocenters. The Morgan fingerprint density at radius 3 is 3.00 bits per heavy atom. The molecular formula is C12H13ClO4. The summed E-state index contributed by atoms with van der Waals surface area (Å²) in [7, 11) is 0. The topological polar surface area (TPSA) is 66.8 Å². The summed E-state index contributed by atoms with van der Waals surface area (Å²) in [6, 6.07) is 5.08. The average molecular weight is 257 g/mol. The maximum Gasteiger partial charge on any atom is 0.309 e. The lowest BCUT2D eigenvalue weighted by atomic mass is 9.90. The van der Waals surface area contributed by atoms with Crippen LogP contribution < -0.4 is 0 Å². The van der Waals surface area contributed by atoms with E-state index in [4.69, 9.17) is 21.4 Å². The van der Waals surface area contributed by atoms with Crippen LogP contribution in [0.5, 0.6) is 0 Å². The molecule has 0 bridgehead atoms. The molecule has 0 aromatic heterocycles. The van der Waals surface area contributed by atoms with Gasteiger partial charge in [-0.05, 0) is 31.0 Å². The molecule has 1 aliphatic rings. The Hall–Kier alpha value is -1.10. The standard InChI is InChI=1S/C12H13ClO4/c1-7-4-8-2-3-9(13)5-10(8)12(16,17-7)6-11(14)15/h2-3,5,7,16H,4,6H2,1H3,(H,14,15)/t7-,12?/m1/s1. The quantitative estimate of drug-likeness (QED) is 0.848. The van der Waals surface area contributed by atoms with Gasteiger partial charge in [-0.15, -0.1) is 0 Å². The van der Waals surface area contributed by atoms with E-state index < -0.39 is 18.2 Å². The molecule has 0 amide bonds. The molecule has 92 valence electrons. The molecule has 0 fully saturated rings. The third-order valence-corrected chi connectivity index (χ3v) is 3.02. The molecule has 2 N–H and O–H groups in total. The molecule has 1 heterocycles. The number of hydrogen-bond acceptors (Lipinski definition) is 3. The van der Waals surface area contributed by atoms with Crippen LogP contribution in [-0.4, -0.2) is 22.3 Å². The summed E-state index contributed by atoms with van der Waals surface area (Å²) < 4.78 is 5.38. The smallest absolute Gasteiger partial charge is 0.309 e. The van der Waals surface area contributed by atoms with E-state index >= 15 is 0 Å². The van der Waals surface area contributed by atoms with Gasteiger partial charge in [0.25, 0.3) is 0 Å². The molecule has 0 aliphatic carbocycles. The molecule has 1 aromatic carbocycles. The van der Waals surface area contributed by atoms with Crippen molar-refractivity contribution in [1.82, 2.24) is 0 Å². The molecule has 1 aromatic rings. The van der Waals surface area contributed by atoms with Gasteiger partial charge >= 0.3 is 5.97 Å². The molecule has 17 heavy (non-hydrogen) atoms. The summed E-state index contributed by atoms with van der Waals surface area (Å²) in [6.45, 7) is 1.80. The summed E-state index contributed by atoms with van der Waals surface area (Å²) in [5.41, 5.74) is 1.32. The fourth-order valence-corrected chi connectivity index (χ4v) is 2.35. The van der Waals surface area contributed by atoms with Crippen LogP contribution in [0.3, 0.4) is 0 Å². The molecule has 2 rings (SSSR count). The predicted molar refractivity (Wildman–Crippen MR) is 61.9 cm³/mol. The number of rotatable bonds is 2. The molecule has 0 saturated carbocycles. The minimum Gasteiger partial charge on any atom is -0.481 e. The SMILES string of the molecule is C[C@@H]1Cc2ccc(Cl)cc2C(O)(CC(=O)O)O1. The largest absolute Gasteiger partial charge is 0.481 e. The van der Waals surface area contributed by atoms with E-state index in [1.807, 2.05) is 0 Å². The second-order valence-corrected chi connectivity index (χ2v) is 4.73. The van der Waals surface area contributed by atoms with Crippen LogP contribution in [-0.2, 0) is 21.7 Å². The second kappa shape index (κ2) is 4.29. The van der Waals surface area contributed by atoms with Gasteiger partial charge in [0.05, 0.1) is 6.10 Å². The van der Waals surface area contributed by atoms with E-state index in [0.717, 1.165) is 5.56 Å². The molecule has 1 aliphatic heterocycles. The van der Waals surface area contributed by atoms with Crippen molar-refractivity contribution < 1.29 is 19.7 Å². The lowest BCUT2D eigenvalue weighted by Crippen LogP contribution is -2.41. The number of carboxylic acids is 1. The van der Waals surface area contributed by atoms with Crippen molar-refractivity contribution in [3.05, 3.63) is 34.3 Å². The van der Waals surface area contributed by atoms with Crippen LogP contribution in [0.4, 0.5) is 0 Å². The highest BCUT2D eigenvalue weighted by atomic mass is 35.5. The first kappa shape index (κ1) is 12.4. The van der Waals surface area contributed by atoms with Crippen molar-refractivity contribution in [3.63, 3.8) is 0 Å². The monoisotopic (exact) mass is 256 g/mol. The number of aliphatic hydroxyl groups is 1. The Labute approximate surface area is 104 Å². The Bertz CT molecular complexity index is 460. The van der Waals surface area contributed by atoms with Crippen molar-refractivity contribution >= 4 is 17.6 Å². The zero-order valence-electron chi connectivity index (χ0n) is 9.31. The number of halogens is 1. The summed E-state index contributed by atoms with van der Waals surface area (Å²) >= 11 is 5.86. The van der Waals surface area contributed by atoms with E-state index in [-0.39, 0.29) is 6.10 Å². The number of ether oxygens (including phenoxy) is 1. The number of hydrogen-bond donors (Lipinski definition) is 2.